The molecule has 5 nitrogen and oxygen atoms in total. The van der Waals surface area contributed by atoms with Crippen molar-refractivity contribution in [2.75, 3.05) is 16.8 Å². The van der Waals surface area contributed by atoms with Gasteiger partial charge in [0.05, 0.1) is 5.52 Å². The number of para-hydroxylation sites is 2. The second-order valence-corrected chi connectivity index (χ2v) is 7.67. The summed E-state index contributed by atoms with van der Waals surface area (Å²) in [6, 6.07) is 23.1. The fourth-order valence-corrected chi connectivity index (χ4v) is 3.93. The summed E-state index contributed by atoms with van der Waals surface area (Å²) in [5.41, 5.74) is 3.68. The number of carbonyl (C=O) groups is 1. The Hall–Kier alpha value is -3.44. The molecule has 0 fully saturated rings. The van der Waals surface area contributed by atoms with E-state index in [0.717, 1.165) is 35.1 Å². The van der Waals surface area contributed by atoms with Crippen LogP contribution < -0.4 is 10.2 Å². The number of hydrogen-bond acceptors (Lipinski definition) is 4. The molecule has 0 unspecified atom stereocenters. The quantitative estimate of drug-likeness (QED) is 0.472. The summed E-state index contributed by atoms with van der Waals surface area (Å²) < 4.78 is 0. The molecule has 1 aliphatic heterocycles. The third kappa shape index (κ3) is 3.48. The number of fused-ring (bicyclic) bond motifs is 2. The van der Waals surface area contributed by atoms with Crippen molar-refractivity contribution in [2.45, 2.75) is 12.8 Å². The molecule has 0 spiro atoms. The van der Waals surface area contributed by atoms with Crippen LogP contribution in [0.3, 0.4) is 0 Å². The molecule has 2 heterocycles. The number of aryl methyl sites for hydroxylation is 1. The van der Waals surface area contributed by atoms with Crippen molar-refractivity contribution in [3.8, 4) is 0 Å². The van der Waals surface area contributed by atoms with Gasteiger partial charge in [-0.25, -0.2) is 9.97 Å². The van der Waals surface area contributed by atoms with Gasteiger partial charge in [0.1, 0.15) is 5.82 Å². The largest absolute Gasteiger partial charge is 0.340 e. The highest BCUT2D eigenvalue weighted by Crippen LogP contribution is 2.29. The molecule has 5 rings (SSSR count). The van der Waals surface area contributed by atoms with Crippen LogP contribution in [0, 0.1) is 0 Å². The van der Waals surface area contributed by atoms with Gasteiger partial charge in [-0.3, -0.25) is 4.79 Å². The summed E-state index contributed by atoms with van der Waals surface area (Å²) >= 11 is 6.00. The smallest absolute Gasteiger partial charge is 0.296 e. The fourth-order valence-electron chi connectivity index (χ4n) is 3.80. The lowest BCUT2D eigenvalue weighted by Crippen LogP contribution is -2.36. The van der Waals surface area contributed by atoms with Crippen LogP contribution >= 0.6 is 11.6 Å². The Kier molecular flexibility index (Phi) is 4.81. The topological polar surface area (TPSA) is 58.1 Å². The highest BCUT2D eigenvalue weighted by Gasteiger charge is 2.26. The van der Waals surface area contributed by atoms with Crippen molar-refractivity contribution in [3.05, 3.63) is 89.2 Å². The molecule has 6 heteroatoms. The van der Waals surface area contributed by atoms with Crippen molar-refractivity contribution < 1.29 is 4.79 Å². The Bertz CT molecular complexity index is 1240. The zero-order valence-corrected chi connectivity index (χ0v) is 16.9. The van der Waals surface area contributed by atoms with E-state index >= 15 is 0 Å². The molecular weight excluding hydrogens is 396 g/mol. The lowest BCUT2D eigenvalue weighted by atomic mass is 10.0. The molecule has 0 saturated carbocycles. The summed E-state index contributed by atoms with van der Waals surface area (Å²) in [7, 11) is 0. The Morgan fingerprint density at radius 2 is 1.70 bits per heavy atom. The van der Waals surface area contributed by atoms with Crippen molar-refractivity contribution >= 4 is 45.6 Å². The molecule has 4 aromatic rings. The Balaban J connectivity index is 1.57. The molecule has 1 N–H and O–H groups in total. The zero-order valence-electron chi connectivity index (χ0n) is 16.2. The molecule has 148 valence electrons. The van der Waals surface area contributed by atoms with E-state index in [1.807, 2.05) is 66.7 Å². The van der Waals surface area contributed by atoms with Gasteiger partial charge >= 0.3 is 0 Å². The predicted molar refractivity (Wildman–Crippen MR) is 121 cm³/mol. The molecule has 0 radical (unpaired) electrons. The maximum atomic E-state index is 13.4. The summed E-state index contributed by atoms with van der Waals surface area (Å²) in [6.07, 6.45) is 1.90. The van der Waals surface area contributed by atoms with Crippen LogP contribution in [-0.4, -0.2) is 22.4 Å². The SMILES string of the molecule is O=C(c1nc(Nc2ccc(Cl)cc2)c2ccccc2n1)N1CCCc2ccccc21. The first-order valence-corrected chi connectivity index (χ1v) is 10.3. The van der Waals surface area contributed by atoms with E-state index in [0.29, 0.717) is 17.4 Å². The van der Waals surface area contributed by atoms with Crippen LogP contribution in [0.5, 0.6) is 0 Å². The summed E-state index contributed by atoms with van der Waals surface area (Å²) in [5, 5.41) is 4.82. The average molecular weight is 415 g/mol. The lowest BCUT2D eigenvalue weighted by molar-refractivity contribution is 0.0975. The van der Waals surface area contributed by atoms with Gasteiger partial charge in [-0.2, -0.15) is 0 Å². The van der Waals surface area contributed by atoms with E-state index in [2.05, 4.69) is 21.4 Å². The second kappa shape index (κ2) is 7.76. The third-order valence-corrected chi connectivity index (χ3v) is 5.51. The monoisotopic (exact) mass is 414 g/mol. The molecule has 0 aliphatic carbocycles. The van der Waals surface area contributed by atoms with Crippen molar-refractivity contribution in [1.82, 2.24) is 9.97 Å². The minimum Gasteiger partial charge on any atom is -0.340 e. The summed E-state index contributed by atoms with van der Waals surface area (Å²) in [6.45, 7) is 0.659. The second-order valence-electron chi connectivity index (χ2n) is 7.23. The normalized spacial score (nSPS) is 13.2. The number of halogens is 1. The number of hydrogen-bond donors (Lipinski definition) is 1. The van der Waals surface area contributed by atoms with Crippen LogP contribution in [0.4, 0.5) is 17.2 Å². The number of rotatable bonds is 3. The van der Waals surface area contributed by atoms with E-state index < -0.39 is 0 Å². The summed E-state index contributed by atoms with van der Waals surface area (Å²) in [5.74, 6) is 0.588. The van der Waals surface area contributed by atoms with Gasteiger partial charge < -0.3 is 10.2 Å². The van der Waals surface area contributed by atoms with E-state index in [9.17, 15) is 4.79 Å². The van der Waals surface area contributed by atoms with Gasteiger partial charge in [-0.15, -0.1) is 0 Å². The maximum Gasteiger partial charge on any atom is 0.296 e. The molecule has 0 bridgehead atoms. The first-order chi connectivity index (χ1) is 14.7. The van der Waals surface area contributed by atoms with Crippen LogP contribution in [-0.2, 0) is 6.42 Å². The molecule has 30 heavy (non-hydrogen) atoms. The number of aromatic nitrogens is 2. The first kappa shape index (κ1) is 18.6. The van der Waals surface area contributed by atoms with E-state index in [4.69, 9.17) is 11.6 Å². The van der Waals surface area contributed by atoms with Crippen molar-refractivity contribution in [3.63, 3.8) is 0 Å². The third-order valence-electron chi connectivity index (χ3n) is 5.26. The molecule has 1 aromatic heterocycles. The fraction of sp³-hybridized carbons (Fsp3) is 0.125. The Labute approximate surface area is 179 Å². The number of anilines is 3. The van der Waals surface area contributed by atoms with Gasteiger partial charge in [-0.05, 0) is 60.9 Å². The molecule has 1 amide bonds. The Morgan fingerprint density at radius 3 is 2.57 bits per heavy atom. The van der Waals surface area contributed by atoms with E-state index in [-0.39, 0.29) is 11.7 Å². The van der Waals surface area contributed by atoms with Gasteiger partial charge in [0.15, 0.2) is 0 Å². The minimum atomic E-state index is -0.188. The molecule has 3 aromatic carbocycles. The highest BCUT2D eigenvalue weighted by atomic mass is 35.5. The predicted octanol–water partition coefficient (Wildman–Crippen LogP) is 5.62. The van der Waals surface area contributed by atoms with Crippen LogP contribution in [0.2, 0.25) is 5.02 Å². The number of nitrogens with zero attached hydrogens (tertiary/aromatic N) is 3. The summed E-state index contributed by atoms with van der Waals surface area (Å²) in [4.78, 5) is 24.4. The molecular formula is C24H19ClN4O. The van der Waals surface area contributed by atoms with Crippen molar-refractivity contribution in [2.24, 2.45) is 0 Å². The average Bonchev–Trinajstić information content (AvgIpc) is 2.79. The molecule has 0 saturated heterocycles. The van der Waals surface area contributed by atoms with Gasteiger partial charge in [0.25, 0.3) is 5.91 Å². The van der Waals surface area contributed by atoms with Crippen molar-refractivity contribution in [1.29, 1.82) is 0 Å². The number of nitrogens with one attached hydrogen (secondary N) is 1. The van der Waals surface area contributed by atoms with Crippen LogP contribution in [0.25, 0.3) is 10.9 Å². The molecule has 1 aliphatic rings. The van der Waals surface area contributed by atoms with Gasteiger partial charge in [-0.1, -0.05) is 41.9 Å². The van der Waals surface area contributed by atoms with Crippen LogP contribution in [0.1, 0.15) is 22.6 Å². The lowest BCUT2D eigenvalue weighted by Gasteiger charge is -2.29. The minimum absolute atomic E-state index is 0.182. The van der Waals surface area contributed by atoms with Gasteiger partial charge in [0, 0.05) is 28.3 Å². The molecule has 0 atom stereocenters. The maximum absolute atomic E-state index is 13.4. The van der Waals surface area contributed by atoms with E-state index in [1.54, 1.807) is 4.90 Å². The number of amides is 1. The highest BCUT2D eigenvalue weighted by molar-refractivity contribution is 6.30. The number of carbonyl (C=O) groups excluding carboxylic acids is 1. The van der Waals surface area contributed by atoms with Gasteiger partial charge in [0.2, 0.25) is 5.82 Å². The van der Waals surface area contributed by atoms with E-state index in [1.165, 1.54) is 5.56 Å². The van der Waals surface area contributed by atoms with Crippen LogP contribution in [0.15, 0.2) is 72.8 Å². The number of benzene rings is 3. The Morgan fingerprint density at radius 1 is 0.933 bits per heavy atom. The zero-order chi connectivity index (χ0) is 20.5. The standard InChI is InChI=1S/C24H19ClN4O/c25-17-11-13-18(14-12-17)26-22-19-8-2-3-9-20(19)27-23(28-22)24(30)29-15-5-7-16-6-1-4-10-21(16)29/h1-4,6,8-14H,5,7,15H2,(H,26,27,28). The first-order valence-electron chi connectivity index (χ1n) is 9.88.